The quantitative estimate of drug-likeness (QED) is 0.743. The molecule has 74 valence electrons. The van der Waals surface area contributed by atoms with E-state index >= 15 is 0 Å². The van der Waals surface area contributed by atoms with Gasteiger partial charge in [0.1, 0.15) is 0 Å². The molecule has 0 bridgehead atoms. The van der Waals surface area contributed by atoms with E-state index in [2.05, 4.69) is 43.4 Å². The Morgan fingerprint density at radius 3 is 2.64 bits per heavy atom. The first kappa shape index (κ1) is 10.9. The standard InChI is InChI=1S/C12H15NS/c1-9-5-4-6-12(7-9)10(2)8-13-11(3)14/h4-8H,1-3H3,(H,13,14)/b10-8+. The average Bonchev–Trinajstić information content (AvgIpc) is 2.14. The Labute approximate surface area is 90.8 Å². The maximum absolute atomic E-state index is 4.93. The van der Waals surface area contributed by atoms with Gasteiger partial charge in [0.25, 0.3) is 0 Å². The van der Waals surface area contributed by atoms with Crippen LogP contribution in [0.3, 0.4) is 0 Å². The first-order valence-corrected chi connectivity index (χ1v) is 5.01. The highest BCUT2D eigenvalue weighted by Gasteiger charge is 1.94. The summed E-state index contributed by atoms with van der Waals surface area (Å²) in [5, 5.41) is 3.03. The van der Waals surface area contributed by atoms with Crippen molar-refractivity contribution < 1.29 is 0 Å². The average molecular weight is 205 g/mol. The van der Waals surface area contributed by atoms with Gasteiger partial charge in [-0.15, -0.1) is 0 Å². The smallest absolute Gasteiger partial charge is 0.0761 e. The van der Waals surface area contributed by atoms with E-state index in [4.69, 9.17) is 12.2 Å². The molecule has 0 aromatic heterocycles. The molecule has 14 heavy (non-hydrogen) atoms. The molecule has 0 amide bonds. The van der Waals surface area contributed by atoms with Crippen LogP contribution >= 0.6 is 12.2 Å². The van der Waals surface area contributed by atoms with E-state index in [1.807, 2.05) is 13.1 Å². The normalized spacial score (nSPS) is 11.2. The van der Waals surface area contributed by atoms with Gasteiger partial charge in [0, 0.05) is 6.20 Å². The second kappa shape index (κ2) is 4.91. The number of hydrogen-bond donors (Lipinski definition) is 1. The van der Waals surface area contributed by atoms with Crippen LogP contribution in [0, 0.1) is 6.92 Å². The molecule has 1 rings (SSSR count). The van der Waals surface area contributed by atoms with E-state index < -0.39 is 0 Å². The number of aryl methyl sites for hydroxylation is 1. The summed E-state index contributed by atoms with van der Waals surface area (Å²) in [5.41, 5.74) is 3.70. The second-order valence-corrected chi connectivity index (χ2v) is 4.01. The summed E-state index contributed by atoms with van der Waals surface area (Å²) in [6, 6.07) is 8.41. The van der Waals surface area contributed by atoms with E-state index in [0.29, 0.717) is 0 Å². The van der Waals surface area contributed by atoms with Crippen molar-refractivity contribution >= 4 is 22.8 Å². The Hall–Kier alpha value is -1.15. The summed E-state index contributed by atoms with van der Waals surface area (Å²) < 4.78 is 0. The highest BCUT2D eigenvalue weighted by Crippen LogP contribution is 2.13. The number of allylic oxidation sites excluding steroid dienone is 1. The molecular weight excluding hydrogens is 190 g/mol. The Kier molecular flexibility index (Phi) is 3.84. The van der Waals surface area contributed by atoms with Gasteiger partial charge in [0.2, 0.25) is 0 Å². The van der Waals surface area contributed by atoms with Crippen molar-refractivity contribution in [2.24, 2.45) is 0 Å². The molecule has 0 aliphatic rings. The topological polar surface area (TPSA) is 12.0 Å². The highest BCUT2D eigenvalue weighted by molar-refractivity contribution is 7.80. The first-order valence-electron chi connectivity index (χ1n) is 4.60. The molecule has 1 aromatic carbocycles. The summed E-state index contributed by atoms with van der Waals surface area (Å²) in [4.78, 5) is 0.789. The van der Waals surface area contributed by atoms with Crippen LogP contribution < -0.4 is 5.32 Å². The van der Waals surface area contributed by atoms with E-state index in [-0.39, 0.29) is 0 Å². The predicted molar refractivity (Wildman–Crippen MR) is 66.2 cm³/mol. The molecular formula is C12H15NS. The Balaban J connectivity index is 2.83. The van der Waals surface area contributed by atoms with Crippen LogP contribution in [0.4, 0.5) is 0 Å². The predicted octanol–water partition coefficient (Wildman–Crippen LogP) is 3.29. The molecule has 2 heteroatoms. The largest absolute Gasteiger partial charge is 0.356 e. The first-order chi connectivity index (χ1) is 6.59. The Morgan fingerprint density at radius 2 is 2.07 bits per heavy atom. The molecule has 0 unspecified atom stereocenters. The number of rotatable bonds is 2. The molecule has 0 aliphatic carbocycles. The second-order valence-electron chi connectivity index (χ2n) is 3.40. The lowest BCUT2D eigenvalue weighted by Gasteiger charge is -2.03. The van der Waals surface area contributed by atoms with Crippen molar-refractivity contribution in [2.75, 3.05) is 0 Å². The van der Waals surface area contributed by atoms with Gasteiger partial charge >= 0.3 is 0 Å². The van der Waals surface area contributed by atoms with Crippen LogP contribution in [0.2, 0.25) is 0 Å². The van der Waals surface area contributed by atoms with Crippen molar-refractivity contribution in [3.05, 3.63) is 41.6 Å². The van der Waals surface area contributed by atoms with Gasteiger partial charge < -0.3 is 5.32 Å². The van der Waals surface area contributed by atoms with Gasteiger partial charge in [-0.1, -0.05) is 42.0 Å². The minimum atomic E-state index is 0.789. The Bertz CT molecular complexity index is 366. The number of thiocarbonyl (C=S) groups is 1. The monoisotopic (exact) mass is 205 g/mol. The SMILES string of the molecule is CC(=S)N/C=C(\C)c1cccc(C)c1. The van der Waals surface area contributed by atoms with Crippen molar-refractivity contribution in [3.63, 3.8) is 0 Å². The molecule has 0 radical (unpaired) electrons. The van der Waals surface area contributed by atoms with Crippen LogP contribution in [0.5, 0.6) is 0 Å². The van der Waals surface area contributed by atoms with Gasteiger partial charge in [-0.05, 0) is 31.9 Å². The van der Waals surface area contributed by atoms with Crippen LogP contribution in [0.15, 0.2) is 30.5 Å². The summed E-state index contributed by atoms with van der Waals surface area (Å²) in [5.74, 6) is 0. The van der Waals surface area contributed by atoms with Gasteiger partial charge in [-0.25, -0.2) is 0 Å². The highest BCUT2D eigenvalue weighted by atomic mass is 32.1. The lowest BCUT2D eigenvalue weighted by molar-refractivity contribution is 1.29. The van der Waals surface area contributed by atoms with E-state index in [9.17, 15) is 0 Å². The van der Waals surface area contributed by atoms with Crippen molar-refractivity contribution in [2.45, 2.75) is 20.8 Å². The lowest BCUT2D eigenvalue weighted by atomic mass is 10.1. The van der Waals surface area contributed by atoms with Gasteiger partial charge in [0.05, 0.1) is 4.99 Å². The molecule has 0 saturated carbocycles. The Morgan fingerprint density at radius 1 is 1.36 bits per heavy atom. The molecule has 0 heterocycles. The fourth-order valence-electron chi connectivity index (χ4n) is 1.18. The number of hydrogen-bond acceptors (Lipinski definition) is 1. The van der Waals surface area contributed by atoms with Gasteiger partial charge in [0.15, 0.2) is 0 Å². The fourth-order valence-corrected chi connectivity index (χ4v) is 1.24. The third-order valence-electron chi connectivity index (χ3n) is 1.97. The van der Waals surface area contributed by atoms with Crippen molar-refractivity contribution in [3.8, 4) is 0 Å². The molecule has 1 N–H and O–H groups in total. The van der Waals surface area contributed by atoms with Gasteiger partial charge in [-0.2, -0.15) is 0 Å². The van der Waals surface area contributed by atoms with E-state index in [0.717, 1.165) is 4.99 Å². The molecule has 0 saturated heterocycles. The van der Waals surface area contributed by atoms with Crippen LogP contribution in [-0.2, 0) is 0 Å². The van der Waals surface area contributed by atoms with Crippen molar-refractivity contribution in [1.82, 2.24) is 5.32 Å². The molecule has 0 fully saturated rings. The fraction of sp³-hybridized carbons (Fsp3) is 0.250. The van der Waals surface area contributed by atoms with E-state index in [1.54, 1.807) is 0 Å². The lowest BCUT2D eigenvalue weighted by Crippen LogP contribution is -2.09. The van der Waals surface area contributed by atoms with Crippen LogP contribution in [0.1, 0.15) is 25.0 Å². The molecule has 0 aliphatic heterocycles. The van der Waals surface area contributed by atoms with Gasteiger partial charge in [-0.3, -0.25) is 0 Å². The maximum Gasteiger partial charge on any atom is 0.0761 e. The molecule has 1 aromatic rings. The van der Waals surface area contributed by atoms with Crippen molar-refractivity contribution in [1.29, 1.82) is 0 Å². The third-order valence-corrected chi connectivity index (χ3v) is 2.08. The van der Waals surface area contributed by atoms with E-state index in [1.165, 1.54) is 16.7 Å². The zero-order valence-electron chi connectivity index (χ0n) is 8.79. The zero-order valence-corrected chi connectivity index (χ0v) is 9.61. The molecule has 0 atom stereocenters. The minimum absolute atomic E-state index is 0.789. The number of nitrogens with one attached hydrogen (secondary N) is 1. The summed E-state index contributed by atoms with van der Waals surface area (Å²) in [6.07, 6.45) is 1.94. The minimum Gasteiger partial charge on any atom is -0.356 e. The van der Waals surface area contributed by atoms with Crippen LogP contribution in [0.25, 0.3) is 5.57 Å². The van der Waals surface area contributed by atoms with Crippen LogP contribution in [-0.4, -0.2) is 4.99 Å². The summed E-state index contributed by atoms with van der Waals surface area (Å²) in [7, 11) is 0. The molecule has 1 nitrogen and oxygen atoms in total. The zero-order chi connectivity index (χ0) is 10.6. The maximum atomic E-state index is 4.93. The molecule has 0 spiro atoms. The summed E-state index contributed by atoms with van der Waals surface area (Å²) >= 11 is 4.93. The summed E-state index contributed by atoms with van der Waals surface area (Å²) in [6.45, 7) is 6.03. The number of benzene rings is 1. The third kappa shape index (κ3) is 3.30.